The highest BCUT2D eigenvalue weighted by atomic mass is 16.5. The fourth-order valence-electron chi connectivity index (χ4n) is 3.13. The van der Waals surface area contributed by atoms with E-state index in [4.69, 9.17) is 14.2 Å². The molecule has 0 aliphatic carbocycles. The van der Waals surface area contributed by atoms with Crippen molar-refractivity contribution in [1.29, 1.82) is 0 Å². The van der Waals surface area contributed by atoms with Crippen molar-refractivity contribution in [2.24, 2.45) is 0 Å². The van der Waals surface area contributed by atoms with Crippen LogP contribution in [0.25, 0.3) is 0 Å². The van der Waals surface area contributed by atoms with Gasteiger partial charge in [0.2, 0.25) is 0 Å². The molecule has 0 bridgehead atoms. The predicted octanol–water partition coefficient (Wildman–Crippen LogP) is 7.16. The number of hydrogen-bond donors (Lipinski definition) is 0. The first-order valence-electron chi connectivity index (χ1n) is 11.9. The van der Waals surface area contributed by atoms with Gasteiger partial charge in [0, 0.05) is 0 Å². The van der Waals surface area contributed by atoms with Gasteiger partial charge in [0.05, 0.1) is 23.8 Å². The number of allylic oxidation sites excluding steroid dienone is 1. The van der Waals surface area contributed by atoms with Gasteiger partial charge < -0.3 is 14.2 Å². The second kappa shape index (κ2) is 14.9. The van der Waals surface area contributed by atoms with Crippen LogP contribution in [-0.2, 0) is 4.74 Å². The van der Waals surface area contributed by atoms with Gasteiger partial charge in [0.15, 0.2) is 0 Å². The van der Waals surface area contributed by atoms with E-state index in [1.54, 1.807) is 48.5 Å². The molecular formula is C28H36O5. The fourth-order valence-corrected chi connectivity index (χ4v) is 3.13. The van der Waals surface area contributed by atoms with Gasteiger partial charge in [-0.3, -0.25) is 0 Å². The molecule has 0 aliphatic heterocycles. The molecule has 0 spiro atoms. The number of ether oxygens (including phenoxy) is 3. The molecule has 0 amide bonds. The van der Waals surface area contributed by atoms with E-state index in [-0.39, 0.29) is 12.1 Å². The molecule has 0 heterocycles. The van der Waals surface area contributed by atoms with Gasteiger partial charge in [-0.2, -0.15) is 0 Å². The minimum absolute atomic E-state index is 0.139. The predicted molar refractivity (Wildman–Crippen MR) is 131 cm³/mol. The standard InChI is InChI=1S/C28H36O5/c1-4-6-7-8-9-10-11-12-21-31-25-17-13-24(14-18-25)28(30)33-26-19-15-23(16-20-26)27(29)32-22(3)5-2/h4,13-20,22H,1,5-12,21H2,2-3H3. The van der Waals surface area contributed by atoms with E-state index in [2.05, 4.69) is 6.58 Å². The summed E-state index contributed by atoms with van der Waals surface area (Å²) in [7, 11) is 0. The van der Waals surface area contributed by atoms with Gasteiger partial charge in [-0.15, -0.1) is 6.58 Å². The number of carbonyl (C=O) groups is 2. The van der Waals surface area contributed by atoms with Crippen molar-refractivity contribution in [1.82, 2.24) is 0 Å². The van der Waals surface area contributed by atoms with Gasteiger partial charge in [-0.1, -0.05) is 38.7 Å². The smallest absolute Gasteiger partial charge is 0.343 e. The van der Waals surface area contributed by atoms with Gasteiger partial charge in [-0.25, -0.2) is 9.59 Å². The quantitative estimate of drug-likeness (QED) is 0.124. The van der Waals surface area contributed by atoms with Crippen molar-refractivity contribution in [3.8, 4) is 11.5 Å². The van der Waals surface area contributed by atoms with Crippen molar-refractivity contribution in [2.75, 3.05) is 6.61 Å². The Hall–Kier alpha value is -3.08. The SMILES string of the molecule is C=CCCCCCCCCOc1ccc(C(=O)Oc2ccc(C(=O)OC(C)CC)cc2)cc1. The van der Waals surface area contributed by atoms with Crippen LogP contribution in [0.5, 0.6) is 11.5 Å². The summed E-state index contributed by atoms with van der Waals surface area (Å²) >= 11 is 0. The van der Waals surface area contributed by atoms with Gasteiger partial charge >= 0.3 is 11.9 Å². The highest BCUT2D eigenvalue weighted by molar-refractivity contribution is 5.92. The number of carbonyl (C=O) groups excluding carboxylic acids is 2. The van der Waals surface area contributed by atoms with Crippen LogP contribution in [0.3, 0.4) is 0 Å². The van der Waals surface area contributed by atoms with Crippen LogP contribution in [-0.4, -0.2) is 24.6 Å². The maximum absolute atomic E-state index is 12.4. The number of benzene rings is 2. The fraction of sp³-hybridized carbons (Fsp3) is 0.429. The summed E-state index contributed by atoms with van der Waals surface area (Å²) < 4.78 is 16.5. The lowest BCUT2D eigenvalue weighted by Crippen LogP contribution is -2.14. The summed E-state index contributed by atoms with van der Waals surface area (Å²) in [5.41, 5.74) is 0.853. The van der Waals surface area contributed by atoms with Crippen molar-refractivity contribution >= 4 is 11.9 Å². The van der Waals surface area contributed by atoms with Crippen LogP contribution in [0.1, 0.15) is 85.9 Å². The Morgan fingerprint density at radius 2 is 1.36 bits per heavy atom. The van der Waals surface area contributed by atoms with Crippen LogP contribution in [0.15, 0.2) is 61.2 Å². The van der Waals surface area contributed by atoms with Crippen LogP contribution in [0.4, 0.5) is 0 Å². The molecule has 0 saturated heterocycles. The van der Waals surface area contributed by atoms with E-state index in [1.807, 2.05) is 19.9 Å². The maximum Gasteiger partial charge on any atom is 0.343 e. The van der Waals surface area contributed by atoms with Crippen molar-refractivity contribution in [2.45, 2.75) is 71.3 Å². The lowest BCUT2D eigenvalue weighted by molar-refractivity contribution is 0.0334. The number of rotatable bonds is 15. The minimum Gasteiger partial charge on any atom is -0.494 e. The topological polar surface area (TPSA) is 61.8 Å². The number of hydrogen-bond acceptors (Lipinski definition) is 5. The molecule has 5 heteroatoms. The van der Waals surface area contributed by atoms with Crippen LogP contribution in [0.2, 0.25) is 0 Å². The van der Waals surface area contributed by atoms with E-state index in [1.165, 1.54) is 25.7 Å². The van der Waals surface area contributed by atoms with Gasteiger partial charge in [0.1, 0.15) is 11.5 Å². The summed E-state index contributed by atoms with van der Waals surface area (Å²) in [5.74, 6) is 0.251. The Balaban J connectivity index is 1.72. The number of esters is 2. The highest BCUT2D eigenvalue weighted by Gasteiger charge is 2.13. The number of unbranched alkanes of at least 4 members (excludes halogenated alkanes) is 6. The van der Waals surface area contributed by atoms with Crippen molar-refractivity contribution in [3.05, 3.63) is 72.3 Å². The third kappa shape index (κ3) is 9.94. The third-order valence-corrected chi connectivity index (χ3v) is 5.35. The molecule has 0 saturated carbocycles. The first-order chi connectivity index (χ1) is 16.0. The average Bonchev–Trinajstić information content (AvgIpc) is 2.83. The zero-order valence-electron chi connectivity index (χ0n) is 19.9. The van der Waals surface area contributed by atoms with Crippen molar-refractivity contribution in [3.63, 3.8) is 0 Å². The molecule has 2 aromatic carbocycles. The summed E-state index contributed by atoms with van der Waals surface area (Å²) in [5, 5.41) is 0. The zero-order valence-corrected chi connectivity index (χ0v) is 19.9. The molecule has 1 unspecified atom stereocenters. The summed E-state index contributed by atoms with van der Waals surface area (Å²) in [6.45, 7) is 8.21. The molecule has 178 valence electrons. The summed E-state index contributed by atoms with van der Waals surface area (Å²) in [4.78, 5) is 24.4. The average molecular weight is 453 g/mol. The highest BCUT2D eigenvalue weighted by Crippen LogP contribution is 2.18. The van der Waals surface area contributed by atoms with Crippen molar-refractivity contribution < 1.29 is 23.8 Å². The summed E-state index contributed by atoms with van der Waals surface area (Å²) in [6, 6.07) is 13.3. The summed E-state index contributed by atoms with van der Waals surface area (Å²) in [6.07, 6.45) is 10.9. The molecule has 5 nitrogen and oxygen atoms in total. The van der Waals surface area contributed by atoms with E-state index in [0.717, 1.165) is 31.4 Å². The normalized spacial score (nSPS) is 11.5. The monoisotopic (exact) mass is 452 g/mol. The van der Waals surface area contributed by atoms with E-state index in [9.17, 15) is 9.59 Å². The largest absolute Gasteiger partial charge is 0.494 e. The Labute approximate surface area is 197 Å². The molecular weight excluding hydrogens is 416 g/mol. The Kier molecular flexibility index (Phi) is 11.8. The molecule has 0 aliphatic rings. The maximum atomic E-state index is 12.4. The molecule has 2 aromatic rings. The molecule has 33 heavy (non-hydrogen) atoms. The molecule has 1 atom stereocenters. The molecule has 0 fully saturated rings. The van der Waals surface area contributed by atoms with Crippen LogP contribution >= 0.6 is 0 Å². The third-order valence-electron chi connectivity index (χ3n) is 5.35. The molecule has 0 aromatic heterocycles. The Morgan fingerprint density at radius 1 is 0.818 bits per heavy atom. The van der Waals surface area contributed by atoms with Gasteiger partial charge in [0.25, 0.3) is 0 Å². The minimum atomic E-state index is -0.465. The molecule has 0 radical (unpaired) electrons. The van der Waals surface area contributed by atoms with E-state index < -0.39 is 5.97 Å². The first kappa shape index (κ1) is 26.2. The van der Waals surface area contributed by atoms with Crippen LogP contribution in [0, 0.1) is 0 Å². The zero-order chi connectivity index (χ0) is 23.9. The Bertz CT molecular complexity index is 855. The lowest BCUT2D eigenvalue weighted by Gasteiger charge is -2.11. The second-order valence-electron chi connectivity index (χ2n) is 8.11. The lowest BCUT2D eigenvalue weighted by atomic mass is 10.1. The van der Waals surface area contributed by atoms with E-state index in [0.29, 0.717) is 23.5 Å². The second-order valence-corrected chi connectivity index (χ2v) is 8.11. The Morgan fingerprint density at radius 3 is 1.97 bits per heavy atom. The molecule has 2 rings (SSSR count). The van der Waals surface area contributed by atoms with E-state index >= 15 is 0 Å². The van der Waals surface area contributed by atoms with Crippen LogP contribution < -0.4 is 9.47 Å². The van der Waals surface area contributed by atoms with Gasteiger partial charge in [-0.05, 0) is 81.1 Å². The molecule has 0 N–H and O–H groups in total. The first-order valence-corrected chi connectivity index (χ1v) is 11.9.